The minimum absolute atomic E-state index is 0.152. The number of ether oxygens (including phenoxy) is 1. The van der Waals surface area contributed by atoms with Gasteiger partial charge in [0, 0.05) is 38.7 Å². The van der Waals surface area contributed by atoms with E-state index in [9.17, 15) is 4.79 Å². The van der Waals surface area contributed by atoms with E-state index in [1.807, 2.05) is 35.4 Å². The number of hydrogen-bond acceptors (Lipinski definition) is 4. The fourth-order valence-corrected chi connectivity index (χ4v) is 3.89. The second-order valence-corrected chi connectivity index (χ2v) is 7.01. The van der Waals surface area contributed by atoms with Gasteiger partial charge in [0.2, 0.25) is 5.91 Å². The number of fused-ring (bicyclic) bond motifs is 1. The van der Waals surface area contributed by atoms with Gasteiger partial charge in [-0.05, 0) is 42.7 Å². The van der Waals surface area contributed by atoms with Crippen molar-refractivity contribution in [2.75, 3.05) is 20.2 Å². The van der Waals surface area contributed by atoms with Gasteiger partial charge in [0.25, 0.3) is 0 Å². The van der Waals surface area contributed by atoms with Crippen LogP contribution in [0.5, 0.6) is 5.75 Å². The Morgan fingerprint density at radius 2 is 2.04 bits per heavy atom. The molecule has 0 unspecified atom stereocenters. The molecule has 27 heavy (non-hydrogen) atoms. The van der Waals surface area contributed by atoms with Crippen LogP contribution in [0, 0.1) is 0 Å². The molecule has 1 aliphatic rings. The molecule has 3 aromatic rings. The van der Waals surface area contributed by atoms with Crippen molar-refractivity contribution in [3.05, 3.63) is 54.0 Å². The van der Waals surface area contributed by atoms with E-state index in [-0.39, 0.29) is 5.91 Å². The normalized spacial score (nSPS) is 15.3. The zero-order valence-corrected chi connectivity index (χ0v) is 15.8. The topological polar surface area (TPSA) is 60.3 Å². The van der Waals surface area contributed by atoms with E-state index < -0.39 is 0 Å². The quantitative estimate of drug-likeness (QED) is 0.713. The number of hydrogen-bond donors (Lipinski definition) is 0. The van der Waals surface area contributed by atoms with Crippen molar-refractivity contribution < 1.29 is 9.53 Å². The molecule has 1 amide bonds. The lowest BCUT2D eigenvalue weighted by Gasteiger charge is -2.32. The third-order valence-electron chi connectivity index (χ3n) is 5.29. The van der Waals surface area contributed by atoms with E-state index in [1.54, 1.807) is 14.0 Å². The zero-order valence-electron chi connectivity index (χ0n) is 15.8. The Morgan fingerprint density at radius 1 is 1.22 bits per heavy atom. The molecule has 0 N–H and O–H groups in total. The Balaban J connectivity index is 1.68. The van der Waals surface area contributed by atoms with Gasteiger partial charge in [-0.1, -0.05) is 12.1 Å². The number of rotatable bonds is 4. The summed E-state index contributed by atoms with van der Waals surface area (Å²) in [4.78, 5) is 23.1. The maximum atomic E-state index is 11.7. The van der Waals surface area contributed by atoms with E-state index in [0.29, 0.717) is 6.04 Å². The highest BCUT2D eigenvalue weighted by molar-refractivity contribution is 5.73. The maximum Gasteiger partial charge on any atom is 0.219 e. The van der Waals surface area contributed by atoms with E-state index in [0.717, 1.165) is 60.7 Å². The number of nitrogens with zero attached hydrogens (tertiary/aromatic N) is 4. The monoisotopic (exact) mass is 364 g/mol. The van der Waals surface area contributed by atoms with Gasteiger partial charge < -0.3 is 14.2 Å². The van der Waals surface area contributed by atoms with Crippen LogP contribution in [0.4, 0.5) is 0 Å². The standard InChI is InChI=1S/C21H24N4O2/c1-15(26)24-11-8-17(9-12-24)25-20(23-19-7-4-10-22-21(19)25)14-16-5-3-6-18(13-16)27-2/h3-7,10,13,17H,8-9,11-12,14H2,1-2H3. The average Bonchev–Trinajstić information content (AvgIpc) is 3.06. The molecule has 0 radical (unpaired) electrons. The molecule has 0 atom stereocenters. The van der Waals surface area contributed by atoms with E-state index in [2.05, 4.69) is 21.7 Å². The number of carbonyl (C=O) groups excluding carboxylic acids is 1. The summed E-state index contributed by atoms with van der Waals surface area (Å²) in [5, 5.41) is 0. The fourth-order valence-electron chi connectivity index (χ4n) is 3.89. The van der Waals surface area contributed by atoms with Crippen LogP contribution < -0.4 is 4.74 Å². The van der Waals surface area contributed by atoms with E-state index >= 15 is 0 Å². The highest BCUT2D eigenvalue weighted by Crippen LogP contribution is 2.29. The molecule has 2 aromatic heterocycles. The number of piperidine rings is 1. The first-order valence-electron chi connectivity index (χ1n) is 9.36. The summed E-state index contributed by atoms with van der Waals surface area (Å²) >= 11 is 0. The Hall–Kier alpha value is -2.89. The first-order valence-corrected chi connectivity index (χ1v) is 9.36. The molecule has 1 aromatic carbocycles. The van der Waals surface area contributed by atoms with Crippen molar-refractivity contribution >= 4 is 17.1 Å². The largest absolute Gasteiger partial charge is 0.497 e. The van der Waals surface area contributed by atoms with Gasteiger partial charge in [-0.2, -0.15) is 0 Å². The highest BCUT2D eigenvalue weighted by Gasteiger charge is 2.26. The molecular formula is C21H24N4O2. The smallest absolute Gasteiger partial charge is 0.219 e. The Morgan fingerprint density at radius 3 is 2.78 bits per heavy atom. The summed E-state index contributed by atoms with van der Waals surface area (Å²) in [6, 6.07) is 12.3. The molecule has 6 nitrogen and oxygen atoms in total. The summed E-state index contributed by atoms with van der Waals surface area (Å²) in [6.45, 7) is 3.21. The van der Waals surface area contributed by atoms with E-state index in [1.165, 1.54) is 0 Å². The molecule has 4 rings (SSSR count). The lowest BCUT2D eigenvalue weighted by molar-refractivity contribution is -0.130. The van der Waals surface area contributed by atoms with Crippen LogP contribution in [0.25, 0.3) is 11.2 Å². The van der Waals surface area contributed by atoms with Gasteiger partial charge in [-0.25, -0.2) is 9.97 Å². The zero-order chi connectivity index (χ0) is 18.8. The highest BCUT2D eigenvalue weighted by atomic mass is 16.5. The van der Waals surface area contributed by atoms with E-state index in [4.69, 9.17) is 9.72 Å². The van der Waals surface area contributed by atoms with Gasteiger partial charge in [-0.3, -0.25) is 4.79 Å². The SMILES string of the molecule is COc1cccc(Cc2nc3cccnc3n2C2CCN(C(C)=O)CC2)c1. The summed E-state index contributed by atoms with van der Waals surface area (Å²) in [7, 11) is 1.68. The van der Waals surface area contributed by atoms with Crippen LogP contribution in [-0.4, -0.2) is 45.5 Å². The number of benzene rings is 1. The van der Waals surface area contributed by atoms with Crippen molar-refractivity contribution in [1.29, 1.82) is 0 Å². The molecule has 0 bridgehead atoms. The first-order chi connectivity index (χ1) is 13.2. The average molecular weight is 364 g/mol. The van der Waals surface area contributed by atoms with Crippen LogP contribution in [0.3, 0.4) is 0 Å². The predicted octanol–water partition coefficient (Wildman–Crippen LogP) is 3.21. The molecule has 1 aliphatic heterocycles. The number of likely N-dealkylation sites (tertiary alicyclic amines) is 1. The lowest BCUT2D eigenvalue weighted by Crippen LogP contribution is -2.38. The number of imidazole rings is 1. The number of aromatic nitrogens is 3. The number of pyridine rings is 1. The molecule has 0 spiro atoms. The molecule has 1 saturated heterocycles. The fraction of sp³-hybridized carbons (Fsp3) is 0.381. The van der Waals surface area contributed by atoms with Crippen molar-refractivity contribution in [3.63, 3.8) is 0 Å². The summed E-state index contributed by atoms with van der Waals surface area (Å²) in [5.41, 5.74) is 3.01. The lowest BCUT2D eigenvalue weighted by atomic mass is 10.0. The molecule has 0 saturated carbocycles. The van der Waals surface area contributed by atoms with Gasteiger partial charge in [0.1, 0.15) is 17.1 Å². The predicted molar refractivity (Wildman–Crippen MR) is 104 cm³/mol. The number of amides is 1. The Bertz CT molecular complexity index is 958. The molecule has 140 valence electrons. The Kier molecular flexibility index (Phi) is 4.79. The van der Waals surface area contributed by atoms with Crippen molar-refractivity contribution in [2.24, 2.45) is 0 Å². The van der Waals surface area contributed by atoms with Gasteiger partial charge in [-0.15, -0.1) is 0 Å². The van der Waals surface area contributed by atoms with Crippen molar-refractivity contribution in [3.8, 4) is 5.75 Å². The molecule has 1 fully saturated rings. The summed E-state index contributed by atoms with van der Waals surface area (Å²) in [5.74, 6) is 2.01. The van der Waals surface area contributed by atoms with Crippen LogP contribution >= 0.6 is 0 Å². The maximum absolute atomic E-state index is 11.7. The van der Waals surface area contributed by atoms with Gasteiger partial charge in [0.15, 0.2) is 5.65 Å². The van der Waals surface area contributed by atoms with Crippen molar-refractivity contribution in [2.45, 2.75) is 32.2 Å². The third-order valence-corrected chi connectivity index (χ3v) is 5.29. The van der Waals surface area contributed by atoms with Crippen LogP contribution in [0.2, 0.25) is 0 Å². The first kappa shape index (κ1) is 17.5. The second kappa shape index (κ2) is 7.39. The molecular weight excluding hydrogens is 340 g/mol. The van der Waals surface area contributed by atoms with Crippen LogP contribution in [-0.2, 0) is 11.2 Å². The molecule has 3 heterocycles. The van der Waals surface area contributed by atoms with Crippen molar-refractivity contribution in [1.82, 2.24) is 19.4 Å². The number of carbonyl (C=O) groups is 1. The molecule has 0 aliphatic carbocycles. The minimum atomic E-state index is 0.152. The Labute approximate surface area is 158 Å². The number of methoxy groups -OCH3 is 1. The minimum Gasteiger partial charge on any atom is -0.497 e. The van der Waals surface area contributed by atoms with Crippen LogP contribution in [0.1, 0.15) is 37.2 Å². The third kappa shape index (κ3) is 3.52. The molecule has 6 heteroatoms. The van der Waals surface area contributed by atoms with Gasteiger partial charge in [0.05, 0.1) is 7.11 Å². The summed E-state index contributed by atoms with van der Waals surface area (Å²) in [6.07, 6.45) is 4.39. The second-order valence-electron chi connectivity index (χ2n) is 7.01. The van der Waals surface area contributed by atoms with Crippen LogP contribution in [0.15, 0.2) is 42.6 Å². The van der Waals surface area contributed by atoms with Gasteiger partial charge >= 0.3 is 0 Å². The summed E-state index contributed by atoms with van der Waals surface area (Å²) < 4.78 is 7.64.